The molecule has 1 atom stereocenters. The van der Waals surface area contributed by atoms with Crippen molar-refractivity contribution in [1.82, 2.24) is 9.21 Å². The second-order valence-corrected chi connectivity index (χ2v) is 7.91. The molecule has 1 unspecified atom stereocenters. The maximum absolute atomic E-state index is 12.7. The van der Waals surface area contributed by atoms with E-state index in [9.17, 15) is 23.1 Å². The summed E-state index contributed by atoms with van der Waals surface area (Å²) in [6, 6.07) is 4.60. The van der Waals surface area contributed by atoms with Gasteiger partial charge in [-0.15, -0.1) is 0 Å². The van der Waals surface area contributed by atoms with Crippen molar-refractivity contribution in [3.63, 3.8) is 0 Å². The van der Waals surface area contributed by atoms with Gasteiger partial charge in [0, 0.05) is 25.2 Å². The van der Waals surface area contributed by atoms with Crippen LogP contribution in [0.15, 0.2) is 29.2 Å². The number of carbonyl (C=O) groups is 2. The van der Waals surface area contributed by atoms with Crippen LogP contribution in [0, 0.1) is 0 Å². The Morgan fingerprint density at radius 1 is 1.08 bits per heavy atom. The van der Waals surface area contributed by atoms with Gasteiger partial charge in [0.25, 0.3) is 5.91 Å². The Bertz CT molecular complexity index is 790. The van der Waals surface area contributed by atoms with Crippen LogP contribution in [0.1, 0.15) is 10.4 Å². The molecule has 2 saturated heterocycles. The topological polar surface area (TPSA) is 113 Å². The zero-order chi connectivity index (χ0) is 18.7. The number of ether oxygens (including phenoxy) is 2. The molecule has 1 aromatic carbocycles. The smallest absolute Gasteiger partial charge is 0.328 e. The van der Waals surface area contributed by atoms with Crippen LogP contribution >= 0.6 is 0 Å². The summed E-state index contributed by atoms with van der Waals surface area (Å²) in [7, 11) is -3.74. The molecule has 2 aliphatic rings. The highest BCUT2D eigenvalue weighted by Gasteiger charge is 2.34. The minimum absolute atomic E-state index is 0.00499. The second-order valence-electron chi connectivity index (χ2n) is 5.97. The summed E-state index contributed by atoms with van der Waals surface area (Å²) in [5.41, 5.74) is 0.132. The van der Waals surface area contributed by atoms with Gasteiger partial charge < -0.3 is 19.5 Å². The van der Waals surface area contributed by atoms with E-state index in [2.05, 4.69) is 0 Å². The number of carboxylic acids is 1. The molecule has 10 heteroatoms. The van der Waals surface area contributed by atoms with Crippen LogP contribution in [-0.4, -0.2) is 86.7 Å². The van der Waals surface area contributed by atoms with Crippen LogP contribution < -0.4 is 0 Å². The molecule has 2 fully saturated rings. The van der Waals surface area contributed by atoms with E-state index in [4.69, 9.17) is 9.47 Å². The van der Waals surface area contributed by atoms with Gasteiger partial charge in [-0.1, -0.05) is 6.07 Å². The Hall–Kier alpha value is -2.01. The number of hydrogen-bond donors (Lipinski definition) is 1. The molecule has 0 bridgehead atoms. The summed E-state index contributed by atoms with van der Waals surface area (Å²) in [5.74, 6) is -1.69. The fraction of sp³-hybridized carbons (Fsp3) is 0.500. The molecule has 0 spiro atoms. The number of nitrogens with zero attached hydrogens (tertiary/aromatic N) is 2. The largest absolute Gasteiger partial charge is 0.480 e. The van der Waals surface area contributed by atoms with Crippen LogP contribution in [0.25, 0.3) is 0 Å². The van der Waals surface area contributed by atoms with E-state index in [1.807, 2.05) is 0 Å². The van der Waals surface area contributed by atoms with E-state index in [0.29, 0.717) is 13.2 Å². The third kappa shape index (κ3) is 3.73. The van der Waals surface area contributed by atoms with Crippen LogP contribution in [0.2, 0.25) is 0 Å². The average molecular weight is 384 g/mol. The summed E-state index contributed by atoms with van der Waals surface area (Å²) in [4.78, 5) is 25.3. The highest BCUT2D eigenvalue weighted by molar-refractivity contribution is 7.89. The SMILES string of the molecule is O=C(O)C1COCCN1C(=O)c1cccc(S(=O)(=O)N2CCOCC2)c1. The molecule has 0 aliphatic carbocycles. The molecule has 9 nitrogen and oxygen atoms in total. The van der Waals surface area contributed by atoms with Crippen LogP contribution in [0.3, 0.4) is 0 Å². The van der Waals surface area contributed by atoms with Gasteiger partial charge in [0.1, 0.15) is 0 Å². The molecular weight excluding hydrogens is 364 g/mol. The lowest BCUT2D eigenvalue weighted by molar-refractivity contribution is -0.147. The van der Waals surface area contributed by atoms with Crippen molar-refractivity contribution in [3.05, 3.63) is 29.8 Å². The number of carboxylic acid groups (broad SMARTS) is 1. The predicted octanol–water partition coefficient (Wildman–Crippen LogP) is -0.367. The first-order chi connectivity index (χ1) is 12.4. The first-order valence-electron chi connectivity index (χ1n) is 8.21. The Balaban J connectivity index is 1.86. The van der Waals surface area contributed by atoms with Gasteiger partial charge in [-0.05, 0) is 18.2 Å². The van der Waals surface area contributed by atoms with E-state index in [1.54, 1.807) is 0 Å². The zero-order valence-electron chi connectivity index (χ0n) is 14.0. The van der Waals surface area contributed by atoms with Gasteiger partial charge in [0.05, 0.1) is 31.3 Å². The lowest BCUT2D eigenvalue weighted by atomic mass is 10.1. The van der Waals surface area contributed by atoms with Gasteiger partial charge in [-0.3, -0.25) is 4.79 Å². The van der Waals surface area contributed by atoms with Crippen LogP contribution in [0.4, 0.5) is 0 Å². The fourth-order valence-electron chi connectivity index (χ4n) is 2.94. The van der Waals surface area contributed by atoms with Crippen LogP contribution in [-0.2, 0) is 24.3 Å². The first-order valence-corrected chi connectivity index (χ1v) is 9.65. The van der Waals surface area contributed by atoms with Crippen molar-refractivity contribution in [1.29, 1.82) is 0 Å². The van der Waals surface area contributed by atoms with E-state index in [-0.39, 0.29) is 43.3 Å². The number of hydrogen-bond acceptors (Lipinski definition) is 6. The van der Waals surface area contributed by atoms with Crippen molar-refractivity contribution in [2.45, 2.75) is 10.9 Å². The van der Waals surface area contributed by atoms with E-state index >= 15 is 0 Å². The lowest BCUT2D eigenvalue weighted by Crippen LogP contribution is -2.52. The van der Waals surface area contributed by atoms with Gasteiger partial charge in [0.2, 0.25) is 10.0 Å². The minimum atomic E-state index is -3.74. The van der Waals surface area contributed by atoms with Gasteiger partial charge in [-0.25, -0.2) is 13.2 Å². The highest BCUT2D eigenvalue weighted by atomic mass is 32.2. The Kier molecular flexibility index (Phi) is 5.56. The monoisotopic (exact) mass is 384 g/mol. The molecule has 2 heterocycles. The molecule has 142 valence electrons. The van der Waals surface area contributed by atoms with Gasteiger partial charge >= 0.3 is 5.97 Å². The predicted molar refractivity (Wildman–Crippen MR) is 89.3 cm³/mol. The van der Waals surface area contributed by atoms with Crippen molar-refractivity contribution >= 4 is 21.9 Å². The summed E-state index contributed by atoms with van der Waals surface area (Å²) in [6.07, 6.45) is 0. The molecule has 0 saturated carbocycles. The number of morpholine rings is 2. The molecule has 1 amide bonds. The standard InChI is InChI=1S/C16H20N2O7S/c19-15(18-6-9-25-11-14(18)16(20)21)12-2-1-3-13(10-12)26(22,23)17-4-7-24-8-5-17/h1-3,10,14H,4-9,11H2,(H,20,21). The number of amides is 1. The van der Waals surface area contributed by atoms with Crippen molar-refractivity contribution in [2.75, 3.05) is 46.1 Å². The second kappa shape index (κ2) is 7.70. The molecule has 0 radical (unpaired) electrons. The summed E-state index contributed by atoms with van der Waals surface area (Å²) in [5, 5.41) is 9.27. The average Bonchev–Trinajstić information content (AvgIpc) is 2.68. The minimum Gasteiger partial charge on any atom is -0.480 e. The number of carbonyl (C=O) groups excluding carboxylic acids is 1. The van der Waals surface area contributed by atoms with E-state index < -0.39 is 27.9 Å². The van der Waals surface area contributed by atoms with E-state index in [1.165, 1.54) is 33.5 Å². The lowest BCUT2D eigenvalue weighted by Gasteiger charge is -2.33. The Morgan fingerprint density at radius 3 is 2.46 bits per heavy atom. The Morgan fingerprint density at radius 2 is 1.77 bits per heavy atom. The molecule has 1 aromatic rings. The highest BCUT2D eigenvalue weighted by Crippen LogP contribution is 2.20. The van der Waals surface area contributed by atoms with Gasteiger partial charge in [-0.2, -0.15) is 4.31 Å². The molecule has 26 heavy (non-hydrogen) atoms. The van der Waals surface area contributed by atoms with Crippen LogP contribution in [0.5, 0.6) is 0 Å². The normalized spacial score (nSPS) is 22.2. The maximum atomic E-state index is 12.7. The summed E-state index contributed by atoms with van der Waals surface area (Å²) in [6.45, 7) is 1.44. The fourth-order valence-corrected chi connectivity index (χ4v) is 4.40. The quantitative estimate of drug-likeness (QED) is 0.754. The van der Waals surface area contributed by atoms with Crippen molar-refractivity contribution < 1.29 is 32.6 Å². The van der Waals surface area contributed by atoms with Crippen molar-refractivity contribution in [3.8, 4) is 0 Å². The van der Waals surface area contributed by atoms with E-state index in [0.717, 1.165) is 0 Å². The molecule has 0 aromatic heterocycles. The third-order valence-corrected chi connectivity index (χ3v) is 6.26. The summed E-state index contributed by atoms with van der Waals surface area (Å²) >= 11 is 0. The molecule has 2 aliphatic heterocycles. The molecule has 1 N–H and O–H groups in total. The Labute approximate surface area is 151 Å². The molecular formula is C16H20N2O7S. The van der Waals surface area contributed by atoms with Gasteiger partial charge in [0.15, 0.2) is 6.04 Å². The third-order valence-electron chi connectivity index (χ3n) is 4.36. The molecule has 3 rings (SSSR count). The first kappa shape index (κ1) is 18.8. The maximum Gasteiger partial charge on any atom is 0.328 e. The summed E-state index contributed by atoms with van der Waals surface area (Å²) < 4.78 is 37.1. The van der Waals surface area contributed by atoms with Crippen molar-refractivity contribution in [2.24, 2.45) is 0 Å². The number of aliphatic carboxylic acids is 1. The zero-order valence-corrected chi connectivity index (χ0v) is 14.9. The number of sulfonamides is 1. The number of rotatable bonds is 4. The number of benzene rings is 1.